The highest BCUT2D eigenvalue weighted by atomic mass is 79.9. The zero-order valence-electron chi connectivity index (χ0n) is 14.6. The van der Waals surface area contributed by atoms with Gasteiger partial charge in [-0.25, -0.2) is 5.06 Å². The largest absolute Gasteiger partial charge is 0.383 e. The van der Waals surface area contributed by atoms with Gasteiger partial charge in [0, 0.05) is 10.7 Å². The average Bonchev–Trinajstić information content (AvgIpc) is 2.85. The molecule has 26 heavy (non-hydrogen) atoms. The lowest BCUT2D eigenvalue weighted by molar-refractivity contribution is 0.0874. The molecule has 0 radical (unpaired) electrons. The molecule has 2 heterocycles. The van der Waals surface area contributed by atoms with E-state index in [0.717, 1.165) is 21.3 Å². The van der Waals surface area contributed by atoms with Crippen LogP contribution in [0.25, 0.3) is 0 Å². The Kier molecular flexibility index (Phi) is 5.70. The Balaban J connectivity index is 1.91. The van der Waals surface area contributed by atoms with Gasteiger partial charge in [-0.15, -0.1) is 0 Å². The molecule has 3 rings (SSSR count). The number of benzene rings is 1. The SMILES string of the molecule is Cc1cc(Br)cc(C)c1N=Cc1c(N)nc(N2CCOCCO2)[nH]c1=O. The Hall–Kier alpha value is -2.23. The number of ether oxygens (including phenoxy) is 1. The number of aromatic amines is 1. The second-order valence-electron chi connectivity index (χ2n) is 5.88. The van der Waals surface area contributed by atoms with Gasteiger partial charge in [-0.3, -0.25) is 19.6 Å². The highest BCUT2D eigenvalue weighted by Gasteiger charge is 2.16. The topological polar surface area (TPSA) is 106 Å². The van der Waals surface area contributed by atoms with Crippen molar-refractivity contribution in [2.75, 3.05) is 37.2 Å². The van der Waals surface area contributed by atoms with Crippen molar-refractivity contribution in [1.82, 2.24) is 9.97 Å². The van der Waals surface area contributed by atoms with E-state index in [2.05, 4.69) is 30.9 Å². The van der Waals surface area contributed by atoms with Crippen LogP contribution in [-0.2, 0) is 9.57 Å². The lowest BCUT2D eigenvalue weighted by Crippen LogP contribution is -2.30. The summed E-state index contributed by atoms with van der Waals surface area (Å²) in [6.45, 7) is 5.72. The van der Waals surface area contributed by atoms with Gasteiger partial charge in [-0.05, 0) is 37.1 Å². The van der Waals surface area contributed by atoms with Crippen molar-refractivity contribution < 1.29 is 9.57 Å². The van der Waals surface area contributed by atoms with Gasteiger partial charge in [-0.2, -0.15) is 4.98 Å². The minimum absolute atomic E-state index is 0.0914. The summed E-state index contributed by atoms with van der Waals surface area (Å²) in [5, 5.41) is 1.48. The molecule has 3 N–H and O–H groups in total. The predicted octanol–water partition coefficient (Wildman–Crippen LogP) is 2.25. The molecular formula is C17H20BrN5O3. The average molecular weight is 422 g/mol. The van der Waals surface area contributed by atoms with Crippen LogP contribution in [-0.4, -0.2) is 42.5 Å². The Morgan fingerprint density at radius 2 is 2.04 bits per heavy atom. The van der Waals surface area contributed by atoms with Crippen LogP contribution < -0.4 is 16.4 Å². The van der Waals surface area contributed by atoms with Crippen molar-refractivity contribution in [3.63, 3.8) is 0 Å². The number of hydrogen-bond donors (Lipinski definition) is 2. The molecule has 1 aliphatic rings. The first kappa shape index (κ1) is 18.6. The Bertz CT molecular complexity index is 865. The molecule has 0 atom stereocenters. The minimum Gasteiger partial charge on any atom is -0.383 e. The lowest BCUT2D eigenvalue weighted by atomic mass is 10.1. The van der Waals surface area contributed by atoms with Crippen molar-refractivity contribution >= 4 is 39.6 Å². The fraction of sp³-hybridized carbons (Fsp3) is 0.353. The smallest absolute Gasteiger partial charge is 0.263 e. The van der Waals surface area contributed by atoms with E-state index in [1.807, 2.05) is 26.0 Å². The third-order valence-electron chi connectivity index (χ3n) is 3.90. The molecule has 1 aromatic carbocycles. The van der Waals surface area contributed by atoms with E-state index in [-0.39, 0.29) is 22.9 Å². The van der Waals surface area contributed by atoms with E-state index in [1.165, 1.54) is 11.3 Å². The normalized spacial score (nSPS) is 15.4. The molecule has 9 heteroatoms. The van der Waals surface area contributed by atoms with E-state index in [4.69, 9.17) is 15.3 Å². The number of hydrogen-bond acceptors (Lipinski definition) is 7. The molecule has 1 aromatic heterocycles. The highest BCUT2D eigenvalue weighted by Crippen LogP contribution is 2.27. The molecule has 138 valence electrons. The molecule has 0 saturated carbocycles. The summed E-state index contributed by atoms with van der Waals surface area (Å²) in [7, 11) is 0. The summed E-state index contributed by atoms with van der Waals surface area (Å²) < 4.78 is 6.29. The Morgan fingerprint density at radius 3 is 2.73 bits per heavy atom. The number of nitrogens with zero attached hydrogens (tertiary/aromatic N) is 3. The van der Waals surface area contributed by atoms with E-state index in [9.17, 15) is 4.79 Å². The van der Waals surface area contributed by atoms with Crippen LogP contribution in [0.1, 0.15) is 16.7 Å². The van der Waals surface area contributed by atoms with Crippen LogP contribution in [0.5, 0.6) is 0 Å². The summed E-state index contributed by atoms with van der Waals surface area (Å²) in [5.74, 6) is 0.347. The lowest BCUT2D eigenvalue weighted by Gasteiger charge is -2.19. The molecule has 0 unspecified atom stereocenters. The van der Waals surface area contributed by atoms with Crippen LogP contribution in [0, 0.1) is 13.8 Å². The van der Waals surface area contributed by atoms with Crippen molar-refractivity contribution in [2.45, 2.75) is 13.8 Å². The van der Waals surface area contributed by atoms with Crippen molar-refractivity contribution in [3.05, 3.63) is 43.6 Å². The second-order valence-corrected chi connectivity index (χ2v) is 6.80. The Labute approximate surface area is 159 Å². The molecule has 2 aromatic rings. The van der Waals surface area contributed by atoms with Crippen LogP contribution in [0.2, 0.25) is 0 Å². The molecule has 0 spiro atoms. The van der Waals surface area contributed by atoms with E-state index >= 15 is 0 Å². The van der Waals surface area contributed by atoms with Crippen LogP contribution in [0.3, 0.4) is 0 Å². The molecule has 1 saturated heterocycles. The molecule has 1 fully saturated rings. The number of aliphatic imine (C=N–C) groups is 1. The standard InChI is InChI=1S/C17H20BrN5O3/c1-10-7-12(18)8-11(2)14(10)20-9-13-15(19)21-17(22-16(13)24)23-3-4-25-5-6-26-23/h7-9H,3-6H2,1-2H3,(H3,19,21,22,24). The molecule has 8 nitrogen and oxygen atoms in total. The summed E-state index contributed by atoms with van der Waals surface area (Å²) in [6, 6.07) is 3.93. The molecular weight excluding hydrogens is 402 g/mol. The van der Waals surface area contributed by atoms with Crippen LogP contribution >= 0.6 is 15.9 Å². The van der Waals surface area contributed by atoms with Gasteiger partial charge in [0.05, 0.1) is 32.1 Å². The quantitative estimate of drug-likeness (QED) is 0.736. The number of halogens is 1. The Morgan fingerprint density at radius 1 is 1.31 bits per heavy atom. The maximum absolute atomic E-state index is 12.4. The van der Waals surface area contributed by atoms with Gasteiger partial charge in [0.15, 0.2) is 0 Å². The minimum atomic E-state index is -0.377. The van der Waals surface area contributed by atoms with Gasteiger partial charge in [0.2, 0.25) is 5.95 Å². The number of nitrogens with two attached hydrogens (primary N) is 1. The molecule has 0 aliphatic carbocycles. The number of aryl methyl sites for hydroxylation is 2. The monoisotopic (exact) mass is 421 g/mol. The number of rotatable bonds is 3. The van der Waals surface area contributed by atoms with Gasteiger partial charge in [0.25, 0.3) is 5.56 Å². The summed E-state index contributed by atoms with van der Waals surface area (Å²) in [4.78, 5) is 29.3. The van der Waals surface area contributed by atoms with E-state index in [0.29, 0.717) is 26.4 Å². The maximum atomic E-state index is 12.4. The van der Waals surface area contributed by atoms with Crippen molar-refractivity contribution in [1.29, 1.82) is 0 Å². The first-order valence-corrected chi connectivity index (χ1v) is 8.94. The fourth-order valence-electron chi connectivity index (χ4n) is 2.65. The number of aromatic nitrogens is 2. The maximum Gasteiger partial charge on any atom is 0.263 e. The third-order valence-corrected chi connectivity index (χ3v) is 4.36. The molecule has 0 bridgehead atoms. The zero-order valence-corrected chi connectivity index (χ0v) is 16.2. The fourth-order valence-corrected chi connectivity index (χ4v) is 3.34. The molecule has 1 aliphatic heterocycles. The number of H-pyrrole nitrogens is 1. The number of nitrogen functional groups attached to an aromatic ring is 1. The summed E-state index contributed by atoms with van der Waals surface area (Å²) in [5.41, 5.74) is 8.60. The summed E-state index contributed by atoms with van der Waals surface area (Å²) >= 11 is 3.46. The van der Waals surface area contributed by atoms with Gasteiger partial charge in [0.1, 0.15) is 11.4 Å². The first-order valence-electron chi connectivity index (χ1n) is 8.14. The summed E-state index contributed by atoms with van der Waals surface area (Å²) in [6.07, 6.45) is 1.45. The van der Waals surface area contributed by atoms with Crippen LogP contribution in [0.4, 0.5) is 17.5 Å². The first-order chi connectivity index (χ1) is 12.5. The van der Waals surface area contributed by atoms with Crippen molar-refractivity contribution in [3.8, 4) is 0 Å². The molecule has 0 amide bonds. The van der Waals surface area contributed by atoms with Gasteiger partial charge < -0.3 is 10.5 Å². The zero-order chi connectivity index (χ0) is 18.7. The number of hydroxylamine groups is 1. The van der Waals surface area contributed by atoms with Crippen molar-refractivity contribution in [2.24, 2.45) is 4.99 Å². The predicted molar refractivity (Wildman–Crippen MR) is 104 cm³/mol. The van der Waals surface area contributed by atoms with Gasteiger partial charge in [-0.1, -0.05) is 15.9 Å². The third kappa shape index (κ3) is 4.12. The number of nitrogens with one attached hydrogen (secondary N) is 1. The second kappa shape index (κ2) is 7.98. The van der Waals surface area contributed by atoms with E-state index < -0.39 is 0 Å². The highest BCUT2D eigenvalue weighted by molar-refractivity contribution is 9.10. The van der Waals surface area contributed by atoms with E-state index in [1.54, 1.807) is 0 Å². The van der Waals surface area contributed by atoms with Crippen LogP contribution in [0.15, 0.2) is 26.4 Å². The van der Waals surface area contributed by atoms with Gasteiger partial charge >= 0.3 is 0 Å². The number of anilines is 2.